The first-order valence-corrected chi connectivity index (χ1v) is 4.65. The summed E-state index contributed by atoms with van der Waals surface area (Å²) in [4.78, 5) is 11.3. The number of anilines is 1. The molecular formula is C11H11N3O. The first kappa shape index (κ1) is 9.45. The minimum Gasteiger partial charge on any atom is -0.308 e. The first-order valence-electron chi connectivity index (χ1n) is 4.65. The van der Waals surface area contributed by atoms with E-state index in [-0.39, 0.29) is 5.91 Å². The monoisotopic (exact) mass is 201 g/mol. The lowest BCUT2D eigenvalue weighted by molar-refractivity contribution is -0.115. The molecule has 76 valence electrons. The summed E-state index contributed by atoms with van der Waals surface area (Å²) in [6.07, 6.45) is 1.85. The Balaban J connectivity index is 2.28. The van der Waals surface area contributed by atoms with E-state index in [1.54, 1.807) is 6.08 Å². The molecule has 15 heavy (non-hydrogen) atoms. The maximum absolute atomic E-state index is 11.3. The summed E-state index contributed by atoms with van der Waals surface area (Å²) < 4.78 is 0. The number of rotatable bonds is 3. The van der Waals surface area contributed by atoms with Gasteiger partial charge in [-0.2, -0.15) is 5.10 Å². The number of aromatic amines is 1. The molecule has 0 aliphatic heterocycles. The highest BCUT2D eigenvalue weighted by Gasteiger charge is 2.06. The zero-order chi connectivity index (χ0) is 10.7. The van der Waals surface area contributed by atoms with Gasteiger partial charge in [-0.15, -0.1) is 6.58 Å². The van der Waals surface area contributed by atoms with E-state index in [0.717, 1.165) is 10.9 Å². The van der Waals surface area contributed by atoms with Crippen molar-refractivity contribution in [2.75, 3.05) is 5.32 Å². The number of hydrogen-bond donors (Lipinski definition) is 2. The van der Waals surface area contributed by atoms with E-state index in [4.69, 9.17) is 0 Å². The van der Waals surface area contributed by atoms with E-state index in [1.807, 2.05) is 24.3 Å². The molecule has 0 aliphatic carbocycles. The van der Waals surface area contributed by atoms with Crippen LogP contribution in [0.1, 0.15) is 6.42 Å². The number of carbonyl (C=O) groups excluding carboxylic acids is 1. The number of H-pyrrole nitrogens is 1. The van der Waals surface area contributed by atoms with E-state index < -0.39 is 0 Å². The summed E-state index contributed by atoms with van der Waals surface area (Å²) >= 11 is 0. The van der Waals surface area contributed by atoms with Gasteiger partial charge < -0.3 is 5.32 Å². The van der Waals surface area contributed by atoms with Crippen molar-refractivity contribution in [2.45, 2.75) is 6.42 Å². The predicted octanol–water partition coefficient (Wildman–Crippen LogP) is 2.08. The molecule has 0 aliphatic rings. The Morgan fingerprint density at radius 1 is 1.53 bits per heavy atom. The van der Waals surface area contributed by atoms with Crippen molar-refractivity contribution in [3.8, 4) is 0 Å². The summed E-state index contributed by atoms with van der Waals surface area (Å²) in [7, 11) is 0. The van der Waals surface area contributed by atoms with Crippen molar-refractivity contribution in [3.05, 3.63) is 36.9 Å². The highest BCUT2D eigenvalue weighted by atomic mass is 16.1. The number of carbonyl (C=O) groups is 1. The van der Waals surface area contributed by atoms with Crippen LogP contribution < -0.4 is 5.32 Å². The second-order valence-electron chi connectivity index (χ2n) is 3.16. The van der Waals surface area contributed by atoms with Crippen LogP contribution in [0.2, 0.25) is 0 Å². The molecule has 1 amide bonds. The zero-order valence-electron chi connectivity index (χ0n) is 8.16. The van der Waals surface area contributed by atoms with Gasteiger partial charge in [0.1, 0.15) is 0 Å². The molecule has 2 N–H and O–H groups in total. The van der Waals surface area contributed by atoms with Gasteiger partial charge in [0.25, 0.3) is 0 Å². The van der Waals surface area contributed by atoms with Gasteiger partial charge in [-0.05, 0) is 12.1 Å². The number of hydrogen-bond acceptors (Lipinski definition) is 2. The Hall–Kier alpha value is -2.10. The fourth-order valence-corrected chi connectivity index (χ4v) is 1.37. The van der Waals surface area contributed by atoms with Crippen LogP contribution in [0.5, 0.6) is 0 Å². The Morgan fingerprint density at radius 2 is 2.33 bits per heavy atom. The Kier molecular flexibility index (Phi) is 2.49. The summed E-state index contributed by atoms with van der Waals surface area (Å²) in [5.41, 5.74) is 0.909. The third kappa shape index (κ3) is 1.88. The van der Waals surface area contributed by atoms with Crippen molar-refractivity contribution < 1.29 is 4.79 Å². The van der Waals surface area contributed by atoms with Gasteiger partial charge in [0, 0.05) is 11.8 Å². The summed E-state index contributed by atoms with van der Waals surface area (Å²) in [6.45, 7) is 3.50. The number of nitrogens with one attached hydrogen (secondary N) is 2. The van der Waals surface area contributed by atoms with Crippen molar-refractivity contribution in [3.63, 3.8) is 0 Å². The fraction of sp³-hybridized carbons (Fsp3) is 0.0909. The maximum atomic E-state index is 11.3. The van der Waals surface area contributed by atoms with Crippen molar-refractivity contribution >= 4 is 22.6 Å². The predicted molar refractivity (Wildman–Crippen MR) is 59.5 cm³/mol. The average molecular weight is 201 g/mol. The summed E-state index contributed by atoms with van der Waals surface area (Å²) in [5, 5.41) is 10.5. The molecule has 1 aromatic heterocycles. The number of amides is 1. The Morgan fingerprint density at radius 3 is 3.13 bits per heavy atom. The molecular weight excluding hydrogens is 190 g/mol. The number of aromatic nitrogens is 2. The largest absolute Gasteiger partial charge is 0.308 e. The number of nitrogens with zero attached hydrogens (tertiary/aromatic N) is 1. The van der Waals surface area contributed by atoms with Gasteiger partial charge in [0.05, 0.1) is 5.52 Å². The van der Waals surface area contributed by atoms with Crippen LogP contribution in [-0.2, 0) is 4.79 Å². The van der Waals surface area contributed by atoms with Crippen molar-refractivity contribution in [1.29, 1.82) is 0 Å². The molecule has 0 radical (unpaired) electrons. The molecule has 2 rings (SSSR count). The fourth-order valence-electron chi connectivity index (χ4n) is 1.37. The lowest BCUT2D eigenvalue weighted by atomic mass is 10.2. The van der Waals surface area contributed by atoms with Crippen LogP contribution in [0.25, 0.3) is 10.9 Å². The lowest BCUT2D eigenvalue weighted by Crippen LogP contribution is -2.10. The number of fused-ring (bicyclic) bond motifs is 1. The Bertz CT molecular complexity index is 501. The SMILES string of the molecule is C=CCC(=O)Nc1n[nH]c2ccccc12. The first-order chi connectivity index (χ1) is 7.31. The topological polar surface area (TPSA) is 57.8 Å². The third-order valence-electron chi connectivity index (χ3n) is 2.06. The molecule has 0 bridgehead atoms. The minimum absolute atomic E-state index is 0.109. The molecule has 4 heteroatoms. The van der Waals surface area contributed by atoms with Crippen molar-refractivity contribution in [1.82, 2.24) is 10.2 Å². The van der Waals surface area contributed by atoms with E-state index in [1.165, 1.54) is 0 Å². The van der Waals surface area contributed by atoms with Gasteiger partial charge >= 0.3 is 0 Å². The Labute approximate surface area is 87.0 Å². The molecule has 0 spiro atoms. The van der Waals surface area contributed by atoms with Crippen molar-refractivity contribution in [2.24, 2.45) is 0 Å². The minimum atomic E-state index is -0.109. The zero-order valence-corrected chi connectivity index (χ0v) is 8.16. The average Bonchev–Trinajstić information content (AvgIpc) is 2.62. The molecule has 2 aromatic rings. The van der Waals surface area contributed by atoms with Gasteiger partial charge in [0.2, 0.25) is 5.91 Å². The number of para-hydroxylation sites is 1. The number of benzene rings is 1. The molecule has 0 atom stereocenters. The van der Waals surface area contributed by atoms with Crippen LogP contribution in [0.15, 0.2) is 36.9 Å². The van der Waals surface area contributed by atoms with Crippen LogP contribution in [-0.4, -0.2) is 16.1 Å². The molecule has 1 aromatic carbocycles. The quantitative estimate of drug-likeness (QED) is 0.747. The smallest absolute Gasteiger partial charge is 0.229 e. The standard InChI is InChI=1S/C11H11N3O/c1-2-5-10(15)12-11-8-6-3-4-7-9(8)13-14-11/h2-4,6-7H,1,5H2,(H2,12,13,14,15). The highest BCUT2D eigenvalue weighted by Crippen LogP contribution is 2.19. The summed E-state index contributed by atoms with van der Waals surface area (Å²) in [5.74, 6) is 0.458. The molecule has 0 saturated carbocycles. The molecule has 0 unspecified atom stereocenters. The van der Waals surface area contributed by atoms with Crippen LogP contribution in [0.3, 0.4) is 0 Å². The normalized spacial score (nSPS) is 10.1. The van der Waals surface area contributed by atoms with Gasteiger partial charge in [-0.3, -0.25) is 9.89 Å². The lowest BCUT2D eigenvalue weighted by Gasteiger charge is -1.98. The second kappa shape index (κ2) is 3.96. The molecule has 1 heterocycles. The third-order valence-corrected chi connectivity index (χ3v) is 2.06. The van der Waals surface area contributed by atoms with Gasteiger partial charge in [-0.1, -0.05) is 18.2 Å². The molecule has 4 nitrogen and oxygen atoms in total. The molecule has 0 fully saturated rings. The van der Waals surface area contributed by atoms with Crippen LogP contribution >= 0.6 is 0 Å². The van der Waals surface area contributed by atoms with Crippen LogP contribution in [0, 0.1) is 0 Å². The second-order valence-corrected chi connectivity index (χ2v) is 3.16. The maximum Gasteiger partial charge on any atom is 0.229 e. The molecule has 0 saturated heterocycles. The van der Waals surface area contributed by atoms with Gasteiger partial charge in [0.15, 0.2) is 5.82 Å². The van der Waals surface area contributed by atoms with E-state index in [2.05, 4.69) is 22.1 Å². The van der Waals surface area contributed by atoms with E-state index in [9.17, 15) is 4.79 Å². The van der Waals surface area contributed by atoms with Crippen LogP contribution in [0.4, 0.5) is 5.82 Å². The van der Waals surface area contributed by atoms with E-state index in [0.29, 0.717) is 12.2 Å². The summed E-state index contributed by atoms with van der Waals surface area (Å²) in [6, 6.07) is 7.63. The highest BCUT2D eigenvalue weighted by molar-refractivity contribution is 5.99. The van der Waals surface area contributed by atoms with E-state index >= 15 is 0 Å². The van der Waals surface area contributed by atoms with Gasteiger partial charge in [-0.25, -0.2) is 0 Å².